The fraction of sp³-hybridized carbons (Fsp3) is 0.700. The molecule has 0 saturated carbocycles. The van der Waals surface area contributed by atoms with E-state index in [1.54, 1.807) is 0 Å². The Bertz CT molecular complexity index is 321. The van der Waals surface area contributed by atoms with E-state index in [2.05, 4.69) is 10.1 Å². The number of hydrogen-bond donors (Lipinski definition) is 3. The van der Waals surface area contributed by atoms with Crippen molar-refractivity contribution in [3.63, 3.8) is 0 Å². The third-order valence-electron chi connectivity index (χ3n) is 1.86. The number of ether oxygens (including phenoxy) is 2. The molecule has 0 aliphatic heterocycles. The van der Waals surface area contributed by atoms with E-state index in [1.807, 2.05) is 0 Å². The number of rotatable bonds is 8. The maximum Gasteiger partial charge on any atom is 0.347 e. The Morgan fingerprint density at radius 3 is 2.32 bits per heavy atom. The number of carbonyl (C=O) groups is 3. The van der Waals surface area contributed by atoms with Crippen molar-refractivity contribution in [2.24, 2.45) is 5.73 Å². The van der Waals surface area contributed by atoms with Gasteiger partial charge in [0.05, 0.1) is 13.1 Å². The van der Waals surface area contributed by atoms with Crippen LogP contribution in [0.15, 0.2) is 0 Å². The molecule has 0 rings (SSSR count). The normalized spacial score (nSPS) is 10.3. The molecular weight excluding hydrogens is 428 g/mol. The third kappa shape index (κ3) is 9.58. The summed E-state index contributed by atoms with van der Waals surface area (Å²) < 4.78 is 9.36. The van der Waals surface area contributed by atoms with Gasteiger partial charge in [0.15, 0.2) is 0 Å². The fourth-order valence-electron chi connectivity index (χ4n) is 0.851. The first-order valence-electron chi connectivity index (χ1n) is 5.31. The van der Waals surface area contributed by atoms with Crippen molar-refractivity contribution < 1.29 is 50.0 Å². The van der Waals surface area contributed by atoms with Gasteiger partial charge >= 0.3 is 17.9 Å². The quantitative estimate of drug-likeness (QED) is 0.303. The number of carboxylic acids is 1. The van der Waals surface area contributed by atoms with Gasteiger partial charge in [0.25, 0.3) is 0 Å². The number of carbonyl (C=O) groups excluding carboxylic acids is 2. The SMILES string of the molecule is CC(C)(OC(=O)CNCCOC(=O)CN)C(=O)O.[W]. The Morgan fingerprint density at radius 2 is 1.84 bits per heavy atom. The summed E-state index contributed by atoms with van der Waals surface area (Å²) in [6, 6.07) is 0. The van der Waals surface area contributed by atoms with Crippen LogP contribution in [-0.4, -0.2) is 54.9 Å². The monoisotopic (exact) mass is 446 g/mol. The van der Waals surface area contributed by atoms with Crippen molar-refractivity contribution >= 4 is 17.9 Å². The summed E-state index contributed by atoms with van der Waals surface area (Å²) in [5.74, 6) is -2.47. The molecule has 0 aromatic heterocycles. The minimum Gasteiger partial charge on any atom is -0.478 e. The molecule has 0 heterocycles. The van der Waals surface area contributed by atoms with Crippen LogP contribution in [0.5, 0.6) is 0 Å². The average molecular weight is 446 g/mol. The Hall–Kier alpha value is -0.982. The zero-order chi connectivity index (χ0) is 14.2. The van der Waals surface area contributed by atoms with Crippen molar-refractivity contribution in [3.05, 3.63) is 0 Å². The maximum absolute atomic E-state index is 11.2. The summed E-state index contributed by atoms with van der Waals surface area (Å²) in [5, 5.41) is 11.4. The van der Waals surface area contributed by atoms with Crippen LogP contribution in [0.3, 0.4) is 0 Å². The van der Waals surface area contributed by atoms with Crippen LogP contribution in [0.1, 0.15) is 13.8 Å². The molecule has 0 amide bonds. The van der Waals surface area contributed by atoms with Crippen LogP contribution in [0.25, 0.3) is 0 Å². The Kier molecular flexibility index (Phi) is 10.6. The van der Waals surface area contributed by atoms with E-state index in [0.29, 0.717) is 0 Å². The summed E-state index contributed by atoms with van der Waals surface area (Å²) >= 11 is 0. The van der Waals surface area contributed by atoms with Gasteiger partial charge in [-0.3, -0.25) is 9.59 Å². The number of esters is 2. The zero-order valence-corrected chi connectivity index (χ0v) is 13.7. The zero-order valence-electron chi connectivity index (χ0n) is 10.8. The van der Waals surface area contributed by atoms with Crippen LogP contribution in [0, 0.1) is 0 Å². The van der Waals surface area contributed by atoms with Crippen LogP contribution in [-0.2, 0) is 44.9 Å². The van der Waals surface area contributed by atoms with Crippen molar-refractivity contribution in [1.82, 2.24) is 5.32 Å². The Labute approximate surface area is 125 Å². The molecule has 0 radical (unpaired) electrons. The summed E-state index contributed by atoms with van der Waals surface area (Å²) in [6.07, 6.45) is 0. The van der Waals surface area contributed by atoms with Gasteiger partial charge in [0.1, 0.15) is 6.61 Å². The summed E-state index contributed by atoms with van der Waals surface area (Å²) in [7, 11) is 0. The molecule has 0 saturated heterocycles. The van der Waals surface area contributed by atoms with Crippen LogP contribution in [0.2, 0.25) is 0 Å². The number of hydrogen-bond acceptors (Lipinski definition) is 7. The molecule has 0 fully saturated rings. The molecule has 0 unspecified atom stereocenters. The molecule has 0 bridgehead atoms. The first-order valence-corrected chi connectivity index (χ1v) is 5.31. The van der Waals surface area contributed by atoms with Gasteiger partial charge in [-0.05, 0) is 13.8 Å². The molecule has 110 valence electrons. The maximum atomic E-state index is 11.2. The Balaban J connectivity index is 0. The second kappa shape index (κ2) is 9.88. The predicted octanol–water partition coefficient (Wildman–Crippen LogP) is -1.52. The van der Waals surface area contributed by atoms with Crippen molar-refractivity contribution in [2.75, 3.05) is 26.2 Å². The van der Waals surface area contributed by atoms with E-state index in [-0.39, 0.29) is 47.3 Å². The van der Waals surface area contributed by atoms with Gasteiger partial charge in [0, 0.05) is 27.6 Å². The summed E-state index contributed by atoms with van der Waals surface area (Å²) in [6.45, 7) is 2.50. The standard InChI is InChI=1S/C10H18N2O6.W/c1-10(2,9(15)16)18-8(14)6-12-3-4-17-7(13)5-11;/h12H,3-6,11H2,1-2H3,(H,15,16);. The van der Waals surface area contributed by atoms with Crippen LogP contribution in [0.4, 0.5) is 0 Å². The van der Waals surface area contributed by atoms with E-state index < -0.39 is 23.5 Å². The molecule has 19 heavy (non-hydrogen) atoms. The fourth-order valence-corrected chi connectivity index (χ4v) is 0.851. The van der Waals surface area contributed by atoms with Gasteiger partial charge in [-0.15, -0.1) is 0 Å². The minimum absolute atomic E-state index is 0. The predicted molar refractivity (Wildman–Crippen MR) is 60.7 cm³/mol. The molecule has 9 heteroatoms. The molecule has 0 aliphatic rings. The minimum atomic E-state index is -1.56. The molecule has 0 aliphatic carbocycles. The number of carboxylic acid groups (broad SMARTS) is 1. The molecular formula is C10H18N2O6W. The van der Waals surface area contributed by atoms with E-state index in [9.17, 15) is 14.4 Å². The largest absolute Gasteiger partial charge is 0.478 e. The summed E-state index contributed by atoms with van der Waals surface area (Å²) in [5.41, 5.74) is 3.44. The number of aliphatic carboxylic acids is 1. The second-order valence-electron chi connectivity index (χ2n) is 3.89. The van der Waals surface area contributed by atoms with Crippen molar-refractivity contribution in [3.8, 4) is 0 Å². The molecule has 8 nitrogen and oxygen atoms in total. The topological polar surface area (TPSA) is 128 Å². The average Bonchev–Trinajstić information content (AvgIpc) is 2.27. The van der Waals surface area contributed by atoms with E-state index >= 15 is 0 Å². The first kappa shape index (κ1) is 20.3. The molecule has 0 aromatic carbocycles. The van der Waals surface area contributed by atoms with Gasteiger partial charge < -0.3 is 25.6 Å². The summed E-state index contributed by atoms with van der Waals surface area (Å²) in [4.78, 5) is 32.6. The van der Waals surface area contributed by atoms with E-state index in [4.69, 9.17) is 15.6 Å². The van der Waals surface area contributed by atoms with E-state index in [1.165, 1.54) is 13.8 Å². The van der Waals surface area contributed by atoms with Crippen molar-refractivity contribution in [2.45, 2.75) is 19.4 Å². The van der Waals surface area contributed by atoms with Gasteiger partial charge in [-0.25, -0.2) is 4.79 Å². The van der Waals surface area contributed by atoms with Gasteiger partial charge in [-0.2, -0.15) is 0 Å². The second-order valence-corrected chi connectivity index (χ2v) is 3.89. The Morgan fingerprint density at radius 1 is 1.26 bits per heavy atom. The van der Waals surface area contributed by atoms with Gasteiger partial charge in [0.2, 0.25) is 5.60 Å². The molecule has 0 spiro atoms. The van der Waals surface area contributed by atoms with Crippen LogP contribution < -0.4 is 11.1 Å². The number of nitrogens with one attached hydrogen (secondary N) is 1. The van der Waals surface area contributed by atoms with Gasteiger partial charge in [-0.1, -0.05) is 0 Å². The number of nitrogens with two attached hydrogens (primary N) is 1. The smallest absolute Gasteiger partial charge is 0.347 e. The molecule has 0 aromatic rings. The third-order valence-corrected chi connectivity index (χ3v) is 1.86. The molecule has 4 N–H and O–H groups in total. The van der Waals surface area contributed by atoms with Crippen LogP contribution >= 0.6 is 0 Å². The van der Waals surface area contributed by atoms with E-state index in [0.717, 1.165) is 0 Å². The molecule has 0 atom stereocenters. The first-order chi connectivity index (χ1) is 8.29. The van der Waals surface area contributed by atoms with Crippen molar-refractivity contribution in [1.29, 1.82) is 0 Å².